The van der Waals surface area contributed by atoms with E-state index < -0.39 is 23.3 Å². The van der Waals surface area contributed by atoms with Crippen molar-refractivity contribution in [2.45, 2.75) is 414 Å². The SMILES string of the molecule is CCCCCCC(CCC(CCCCCCCC(=O)OCC(C)(COC(=O)CCCCCCCC(CCC(CCCCCC)OC(=O)CC)OC(=O)CC)COC(=O)CCCCCCCC(CCC(CCCCCC)OC(=O)CC)OC(=O)CC)OC(=O)CC)OC(=O)CC. The molecular weight excluding hydrogens is 1210 g/mol. The third-order valence-corrected chi connectivity index (χ3v) is 17.6. The molecule has 18 nitrogen and oxygen atoms in total. The van der Waals surface area contributed by atoms with Gasteiger partial charge in [-0.25, -0.2) is 0 Å². The smallest absolute Gasteiger partial charge is 0.305 e. The highest BCUT2D eigenvalue weighted by Crippen LogP contribution is 2.26. The fraction of sp³-hybridized carbons (Fsp3) is 0.883. The molecule has 0 saturated heterocycles. The summed E-state index contributed by atoms with van der Waals surface area (Å²) in [5.41, 5.74) is -1.000. The maximum atomic E-state index is 13.2. The van der Waals surface area contributed by atoms with Gasteiger partial charge < -0.3 is 42.6 Å². The summed E-state index contributed by atoms with van der Waals surface area (Å²) in [4.78, 5) is 113. The summed E-state index contributed by atoms with van der Waals surface area (Å²) >= 11 is 0. The lowest BCUT2D eigenvalue weighted by atomic mass is 9.94. The molecule has 0 saturated carbocycles. The van der Waals surface area contributed by atoms with Gasteiger partial charge in [-0.1, -0.05) is 178 Å². The van der Waals surface area contributed by atoms with Crippen molar-refractivity contribution in [1.29, 1.82) is 0 Å². The Hall–Kier alpha value is -4.77. The van der Waals surface area contributed by atoms with Crippen LogP contribution in [0.4, 0.5) is 0 Å². The van der Waals surface area contributed by atoms with Crippen LogP contribution in [0, 0.1) is 5.41 Å². The Labute approximate surface area is 576 Å². The van der Waals surface area contributed by atoms with E-state index in [1.807, 2.05) is 0 Å². The highest BCUT2D eigenvalue weighted by atomic mass is 16.6. The first-order chi connectivity index (χ1) is 45.8. The van der Waals surface area contributed by atoms with E-state index in [1.165, 1.54) is 0 Å². The van der Waals surface area contributed by atoms with Crippen molar-refractivity contribution in [1.82, 2.24) is 0 Å². The minimum Gasteiger partial charge on any atom is -0.465 e. The van der Waals surface area contributed by atoms with Gasteiger partial charge in [0, 0.05) is 57.8 Å². The summed E-state index contributed by atoms with van der Waals surface area (Å²) in [6.07, 6.45) is 34.6. The fourth-order valence-electron chi connectivity index (χ4n) is 11.3. The number of esters is 9. The molecule has 0 aliphatic rings. The van der Waals surface area contributed by atoms with Crippen LogP contribution in [0.15, 0.2) is 0 Å². The normalized spacial score (nSPS) is 13.8. The molecule has 0 N–H and O–H groups in total. The van der Waals surface area contributed by atoms with Crippen LogP contribution in [-0.2, 0) is 85.8 Å². The first kappa shape index (κ1) is 90.2. The van der Waals surface area contributed by atoms with E-state index in [-0.39, 0.29) is 112 Å². The zero-order valence-electron chi connectivity index (χ0n) is 61.9. The lowest BCUT2D eigenvalue weighted by molar-refractivity contribution is -0.161. The van der Waals surface area contributed by atoms with Crippen LogP contribution in [0.3, 0.4) is 0 Å². The zero-order valence-corrected chi connectivity index (χ0v) is 61.9. The van der Waals surface area contributed by atoms with Crippen LogP contribution >= 0.6 is 0 Å². The molecule has 0 amide bonds. The van der Waals surface area contributed by atoms with Crippen molar-refractivity contribution in [2.24, 2.45) is 5.41 Å². The number of hydrogen-bond donors (Lipinski definition) is 0. The summed E-state index contributed by atoms with van der Waals surface area (Å²) in [5, 5.41) is 0. The fourth-order valence-corrected chi connectivity index (χ4v) is 11.3. The van der Waals surface area contributed by atoms with E-state index >= 15 is 0 Å². The molecule has 0 aliphatic carbocycles. The van der Waals surface area contributed by atoms with Crippen LogP contribution in [0.25, 0.3) is 0 Å². The van der Waals surface area contributed by atoms with E-state index in [0.717, 1.165) is 173 Å². The minimum absolute atomic E-state index is 0.113. The molecule has 0 radical (unpaired) electrons. The van der Waals surface area contributed by atoms with Crippen molar-refractivity contribution >= 4 is 53.7 Å². The first-order valence-electron chi connectivity index (χ1n) is 38.5. The van der Waals surface area contributed by atoms with Gasteiger partial charge in [0.1, 0.15) is 56.4 Å². The Kier molecular flexibility index (Phi) is 58.5. The second kappa shape index (κ2) is 61.6. The van der Waals surface area contributed by atoms with Crippen molar-refractivity contribution in [3.63, 3.8) is 0 Å². The van der Waals surface area contributed by atoms with Gasteiger partial charge in [0.15, 0.2) is 0 Å². The summed E-state index contributed by atoms with van der Waals surface area (Å²) in [7, 11) is 0. The Bertz CT molecular complexity index is 1770. The summed E-state index contributed by atoms with van der Waals surface area (Å²) in [6.45, 7) is 18.7. The van der Waals surface area contributed by atoms with Gasteiger partial charge in [-0.2, -0.15) is 0 Å². The second-order valence-electron chi connectivity index (χ2n) is 26.8. The number of hydrogen-bond acceptors (Lipinski definition) is 18. The zero-order chi connectivity index (χ0) is 70.6. The minimum atomic E-state index is -1.000. The van der Waals surface area contributed by atoms with Crippen molar-refractivity contribution in [2.75, 3.05) is 19.8 Å². The maximum absolute atomic E-state index is 13.2. The molecule has 0 rings (SSSR count). The molecular formula is C77H138O18. The van der Waals surface area contributed by atoms with Crippen molar-refractivity contribution in [3.05, 3.63) is 0 Å². The van der Waals surface area contributed by atoms with Gasteiger partial charge in [0.05, 0.1) is 5.41 Å². The predicted molar refractivity (Wildman–Crippen MR) is 373 cm³/mol. The van der Waals surface area contributed by atoms with E-state index in [1.54, 1.807) is 48.5 Å². The molecule has 0 spiro atoms. The number of rotatable bonds is 66. The first-order valence-corrected chi connectivity index (χ1v) is 38.5. The van der Waals surface area contributed by atoms with Gasteiger partial charge >= 0.3 is 53.7 Å². The van der Waals surface area contributed by atoms with Crippen LogP contribution in [0.5, 0.6) is 0 Å². The largest absolute Gasteiger partial charge is 0.465 e. The molecule has 0 aromatic heterocycles. The molecule has 0 aromatic carbocycles. The summed E-state index contributed by atoms with van der Waals surface area (Å²) < 4.78 is 52.2. The van der Waals surface area contributed by atoms with Crippen LogP contribution < -0.4 is 0 Å². The molecule has 6 unspecified atom stereocenters. The molecule has 0 fully saturated rings. The molecule has 0 aliphatic heterocycles. The summed E-state index contributed by atoms with van der Waals surface area (Å²) in [6, 6.07) is 0. The van der Waals surface area contributed by atoms with E-state index in [4.69, 9.17) is 42.6 Å². The van der Waals surface area contributed by atoms with Gasteiger partial charge in [-0.15, -0.1) is 0 Å². The van der Waals surface area contributed by atoms with Gasteiger partial charge in [-0.05, 0) is 142 Å². The van der Waals surface area contributed by atoms with Crippen molar-refractivity contribution < 1.29 is 85.8 Å². The lowest BCUT2D eigenvalue weighted by Gasteiger charge is -2.28. The Balaban J connectivity index is 5.56. The Morgan fingerprint density at radius 1 is 0.221 bits per heavy atom. The number of carbonyl (C=O) groups excluding carboxylic acids is 9. The number of unbranched alkanes of at least 4 members (excludes halogenated alkanes) is 21. The van der Waals surface area contributed by atoms with E-state index in [2.05, 4.69) is 20.8 Å². The number of carbonyl (C=O) groups is 9. The van der Waals surface area contributed by atoms with Crippen LogP contribution in [0.2, 0.25) is 0 Å². The highest BCUT2D eigenvalue weighted by Gasteiger charge is 2.31. The van der Waals surface area contributed by atoms with Crippen molar-refractivity contribution in [3.8, 4) is 0 Å². The summed E-state index contributed by atoms with van der Waals surface area (Å²) in [5.74, 6) is -2.53. The second-order valence-corrected chi connectivity index (χ2v) is 26.8. The maximum Gasteiger partial charge on any atom is 0.305 e. The molecule has 6 atom stereocenters. The standard InChI is InChI=1S/C77H138O18/c1-11-20-23-35-44-62(90-68(78)14-4)53-56-65(93-71(81)17-7)47-38-29-26-32-41-50-74(84)87-59-77(10,60-88-75(85)51-42-33-27-30-39-48-66(94-72(82)18-8)57-54-63(91-69(79)15-5)45-36-24-21-12-2)61-89-76(86)52-43-34-28-31-40-49-67(95-73(83)19-9)58-55-64(92-70(80)16-6)46-37-25-22-13-3/h62-67H,11-61H2,1-10H3. The monoisotopic (exact) mass is 1350 g/mol. The Morgan fingerprint density at radius 3 is 0.568 bits per heavy atom. The average Bonchev–Trinajstić information content (AvgIpc) is 1.46. The Morgan fingerprint density at radius 2 is 0.389 bits per heavy atom. The van der Waals surface area contributed by atoms with Crippen LogP contribution in [0.1, 0.15) is 377 Å². The van der Waals surface area contributed by atoms with E-state index in [0.29, 0.717) is 116 Å². The molecule has 0 heterocycles. The quantitative estimate of drug-likeness (QED) is 0.0312. The molecule has 18 heteroatoms. The van der Waals surface area contributed by atoms with Crippen LogP contribution in [-0.4, -0.2) is 110 Å². The topological polar surface area (TPSA) is 237 Å². The van der Waals surface area contributed by atoms with Gasteiger partial charge in [-0.3, -0.25) is 43.2 Å². The number of ether oxygens (including phenoxy) is 9. The van der Waals surface area contributed by atoms with Gasteiger partial charge in [0.2, 0.25) is 0 Å². The third kappa shape index (κ3) is 53.9. The molecule has 0 aromatic rings. The van der Waals surface area contributed by atoms with Gasteiger partial charge in [0.25, 0.3) is 0 Å². The highest BCUT2D eigenvalue weighted by molar-refractivity contribution is 5.72. The lowest BCUT2D eigenvalue weighted by Crippen LogP contribution is -2.37. The molecule has 554 valence electrons. The predicted octanol–water partition coefficient (Wildman–Crippen LogP) is 19.0. The third-order valence-electron chi connectivity index (χ3n) is 17.6. The molecule has 0 bridgehead atoms. The average molecular weight is 1350 g/mol. The molecule has 95 heavy (non-hydrogen) atoms. The van der Waals surface area contributed by atoms with E-state index in [9.17, 15) is 43.2 Å².